The van der Waals surface area contributed by atoms with Crippen molar-refractivity contribution >= 4 is 5.78 Å². The molecule has 0 N–H and O–H groups in total. The van der Waals surface area contributed by atoms with E-state index in [2.05, 4.69) is 26.0 Å². The summed E-state index contributed by atoms with van der Waals surface area (Å²) < 4.78 is 0. The molecule has 0 heterocycles. The number of ketones is 1. The Labute approximate surface area is 87.2 Å². The molecule has 0 aliphatic rings. The third-order valence-electron chi connectivity index (χ3n) is 1.68. The Bertz CT molecular complexity index is 254. The van der Waals surface area contributed by atoms with E-state index in [1.54, 1.807) is 19.1 Å². The fourth-order valence-electron chi connectivity index (χ4n) is 0.917. The van der Waals surface area contributed by atoms with Crippen LogP contribution in [0, 0.1) is 5.92 Å². The first-order valence-electron chi connectivity index (χ1n) is 5.04. The Hall–Kier alpha value is -1.11. The summed E-state index contributed by atoms with van der Waals surface area (Å²) in [7, 11) is 0. The highest BCUT2D eigenvalue weighted by Gasteiger charge is 1.87. The van der Waals surface area contributed by atoms with Crippen molar-refractivity contribution in [3.8, 4) is 0 Å². The molecular formula is C13H20O. The molecule has 0 saturated heterocycles. The highest BCUT2D eigenvalue weighted by molar-refractivity contribution is 5.87. The number of carbonyl (C=O) groups is 1. The normalized spacial score (nSPS) is 13.4. The van der Waals surface area contributed by atoms with Gasteiger partial charge in [-0.05, 0) is 32.3 Å². The first-order chi connectivity index (χ1) is 6.52. The van der Waals surface area contributed by atoms with E-state index in [-0.39, 0.29) is 5.78 Å². The second-order valence-corrected chi connectivity index (χ2v) is 3.91. The largest absolute Gasteiger partial charge is 0.295 e. The number of hydrogen-bond acceptors (Lipinski definition) is 1. The lowest BCUT2D eigenvalue weighted by molar-refractivity contribution is -0.112. The number of rotatable bonds is 5. The lowest BCUT2D eigenvalue weighted by Crippen LogP contribution is -1.81. The van der Waals surface area contributed by atoms with Crippen molar-refractivity contribution in [1.82, 2.24) is 0 Å². The zero-order chi connectivity index (χ0) is 11.0. The third kappa shape index (κ3) is 8.98. The van der Waals surface area contributed by atoms with Gasteiger partial charge in [-0.15, -0.1) is 0 Å². The van der Waals surface area contributed by atoms with E-state index in [1.165, 1.54) is 5.57 Å². The van der Waals surface area contributed by atoms with Crippen molar-refractivity contribution in [2.45, 2.75) is 34.1 Å². The van der Waals surface area contributed by atoms with Crippen molar-refractivity contribution in [2.75, 3.05) is 0 Å². The molecule has 0 fully saturated rings. The zero-order valence-electron chi connectivity index (χ0n) is 9.58. The van der Waals surface area contributed by atoms with E-state index in [0.29, 0.717) is 5.92 Å². The van der Waals surface area contributed by atoms with Gasteiger partial charge in [0.25, 0.3) is 0 Å². The van der Waals surface area contributed by atoms with Gasteiger partial charge in [0, 0.05) is 0 Å². The van der Waals surface area contributed by atoms with E-state index >= 15 is 0 Å². The maximum absolute atomic E-state index is 10.6. The topological polar surface area (TPSA) is 17.1 Å². The Morgan fingerprint density at radius 1 is 1.21 bits per heavy atom. The van der Waals surface area contributed by atoms with Crippen LogP contribution in [0.1, 0.15) is 34.1 Å². The second-order valence-electron chi connectivity index (χ2n) is 3.91. The molecule has 0 atom stereocenters. The van der Waals surface area contributed by atoms with Gasteiger partial charge in [-0.25, -0.2) is 0 Å². The molecule has 14 heavy (non-hydrogen) atoms. The molecule has 0 saturated carbocycles. The fourth-order valence-corrected chi connectivity index (χ4v) is 0.917. The molecule has 0 aromatic heterocycles. The van der Waals surface area contributed by atoms with Crippen molar-refractivity contribution in [1.29, 1.82) is 0 Å². The maximum Gasteiger partial charge on any atom is 0.152 e. The van der Waals surface area contributed by atoms with E-state index in [9.17, 15) is 4.79 Å². The smallest absolute Gasteiger partial charge is 0.152 e. The van der Waals surface area contributed by atoms with Gasteiger partial charge < -0.3 is 0 Å². The monoisotopic (exact) mass is 192 g/mol. The first kappa shape index (κ1) is 12.9. The molecule has 1 nitrogen and oxygen atoms in total. The van der Waals surface area contributed by atoms with Crippen molar-refractivity contribution in [2.24, 2.45) is 5.92 Å². The van der Waals surface area contributed by atoms with Crippen LogP contribution in [0.3, 0.4) is 0 Å². The number of allylic oxidation sites excluding steroid dienone is 6. The summed E-state index contributed by atoms with van der Waals surface area (Å²) in [6.07, 6.45) is 10.7. The summed E-state index contributed by atoms with van der Waals surface area (Å²) in [5.41, 5.74) is 1.17. The lowest BCUT2D eigenvalue weighted by atomic mass is 10.1. The second kappa shape index (κ2) is 7.31. The quantitative estimate of drug-likeness (QED) is 0.479. The standard InChI is InChI=1S/C13H20O/c1-11(2)7-5-8-12(3)9-6-10-13(4)14/h5-6,8-11H,7H2,1-4H3. The minimum absolute atomic E-state index is 0.0835. The van der Waals surface area contributed by atoms with Gasteiger partial charge in [0.1, 0.15) is 0 Å². The van der Waals surface area contributed by atoms with Gasteiger partial charge in [0.2, 0.25) is 0 Å². The molecule has 0 aliphatic heterocycles. The van der Waals surface area contributed by atoms with Gasteiger partial charge in [-0.3, -0.25) is 4.79 Å². The molecular weight excluding hydrogens is 172 g/mol. The van der Waals surface area contributed by atoms with Gasteiger partial charge in [-0.1, -0.05) is 43.7 Å². The molecule has 0 aromatic rings. The molecule has 0 aromatic carbocycles. The van der Waals surface area contributed by atoms with E-state index < -0.39 is 0 Å². The molecule has 0 spiro atoms. The average Bonchev–Trinajstić information content (AvgIpc) is 2.02. The molecule has 0 unspecified atom stereocenters. The van der Waals surface area contributed by atoms with Crippen LogP contribution in [0.25, 0.3) is 0 Å². The Kier molecular flexibility index (Phi) is 6.73. The Morgan fingerprint density at radius 2 is 1.86 bits per heavy atom. The molecule has 0 aliphatic carbocycles. The zero-order valence-corrected chi connectivity index (χ0v) is 9.58. The third-order valence-corrected chi connectivity index (χ3v) is 1.68. The molecule has 0 amide bonds. The van der Waals surface area contributed by atoms with Gasteiger partial charge in [0.15, 0.2) is 5.78 Å². The molecule has 0 rings (SSSR count). The summed E-state index contributed by atoms with van der Waals surface area (Å²) in [6.45, 7) is 7.97. The van der Waals surface area contributed by atoms with Crippen molar-refractivity contribution in [3.05, 3.63) is 36.0 Å². The van der Waals surface area contributed by atoms with Crippen LogP contribution in [0.2, 0.25) is 0 Å². The van der Waals surface area contributed by atoms with Crippen LogP contribution in [-0.4, -0.2) is 5.78 Å². The molecule has 0 radical (unpaired) electrons. The van der Waals surface area contributed by atoms with Crippen molar-refractivity contribution < 1.29 is 4.79 Å². The van der Waals surface area contributed by atoms with Crippen LogP contribution in [0.5, 0.6) is 0 Å². The summed E-state index contributed by atoms with van der Waals surface area (Å²) in [5, 5.41) is 0. The minimum Gasteiger partial charge on any atom is -0.295 e. The maximum atomic E-state index is 10.6. The van der Waals surface area contributed by atoms with Gasteiger partial charge in [-0.2, -0.15) is 0 Å². The molecule has 1 heteroatoms. The summed E-state index contributed by atoms with van der Waals surface area (Å²) in [5.74, 6) is 0.784. The Balaban J connectivity index is 4.00. The van der Waals surface area contributed by atoms with Crippen LogP contribution in [0.4, 0.5) is 0 Å². The number of carbonyl (C=O) groups excluding carboxylic acids is 1. The molecule has 78 valence electrons. The van der Waals surface area contributed by atoms with Crippen LogP contribution >= 0.6 is 0 Å². The highest BCUT2D eigenvalue weighted by atomic mass is 16.1. The highest BCUT2D eigenvalue weighted by Crippen LogP contribution is 2.03. The minimum atomic E-state index is 0.0835. The van der Waals surface area contributed by atoms with Gasteiger partial charge in [0.05, 0.1) is 0 Å². The van der Waals surface area contributed by atoms with Crippen LogP contribution < -0.4 is 0 Å². The summed E-state index contributed by atoms with van der Waals surface area (Å²) in [6, 6.07) is 0. The predicted molar refractivity (Wildman–Crippen MR) is 62.2 cm³/mol. The molecule has 0 bridgehead atoms. The van der Waals surface area contributed by atoms with E-state index in [1.807, 2.05) is 13.0 Å². The number of hydrogen-bond donors (Lipinski definition) is 0. The van der Waals surface area contributed by atoms with Crippen LogP contribution in [0.15, 0.2) is 36.0 Å². The van der Waals surface area contributed by atoms with Crippen LogP contribution in [-0.2, 0) is 4.79 Å². The van der Waals surface area contributed by atoms with E-state index in [4.69, 9.17) is 0 Å². The van der Waals surface area contributed by atoms with Gasteiger partial charge >= 0.3 is 0 Å². The summed E-state index contributed by atoms with van der Waals surface area (Å²) >= 11 is 0. The fraction of sp³-hybridized carbons (Fsp3) is 0.462. The lowest BCUT2D eigenvalue weighted by Gasteiger charge is -1.96. The first-order valence-corrected chi connectivity index (χ1v) is 5.04. The van der Waals surface area contributed by atoms with Crippen molar-refractivity contribution in [3.63, 3.8) is 0 Å². The van der Waals surface area contributed by atoms with E-state index in [0.717, 1.165) is 6.42 Å². The summed E-state index contributed by atoms with van der Waals surface area (Å²) in [4.78, 5) is 10.6. The average molecular weight is 192 g/mol. The SMILES string of the molecule is CC(=O)C=CC=C(C)C=CCC(C)C. The Morgan fingerprint density at radius 3 is 2.36 bits per heavy atom. The predicted octanol–water partition coefficient (Wildman–Crippen LogP) is 3.68.